The average molecular weight is 871 g/mol. The van der Waals surface area contributed by atoms with Crippen LogP contribution in [0.3, 0.4) is 0 Å². The number of pyridine rings is 1. The van der Waals surface area contributed by atoms with Crippen LogP contribution in [0.5, 0.6) is 17.2 Å². The molecule has 16 nitrogen and oxygen atoms in total. The Balaban J connectivity index is 1.78. The number of Topliss-reactive ketones (excluding diaryl/α,β-unsaturated/α-hetero) is 1. The number of hydrogen-bond donors (Lipinski definition) is 1. The van der Waals surface area contributed by atoms with Crippen molar-refractivity contribution in [1.82, 2.24) is 5.32 Å². The van der Waals surface area contributed by atoms with Gasteiger partial charge in [-0.05, 0) is 68.7 Å². The lowest BCUT2D eigenvalue weighted by atomic mass is 10.0. The van der Waals surface area contributed by atoms with Crippen molar-refractivity contribution >= 4 is 49.6 Å². The van der Waals surface area contributed by atoms with Gasteiger partial charge in [0.05, 0.1) is 72.7 Å². The molecule has 3 aromatic carbocycles. The lowest BCUT2D eigenvalue weighted by Gasteiger charge is -2.17. The first-order chi connectivity index (χ1) is 29.4. The molecule has 0 atom stereocenters. The van der Waals surface area contributed by atoms with Crippen LogP contribution in [0.15, 0.2) is 48.5 Å². The van der Waals surface area contributed by atoms with E-state index >= 15 is 0 Å². The minimum Gasteiger partial charge on any atom is -0.748 e. The van der Waals surface area contributed by atoms with Crippen LogP contribution in [-0.2, 0) is 51.7 Å². The molecule has 1 aromatic heterocycles. The van der Waals surface area contributed by atoms with Crippen LogP contribution in [-0.4, -0.2) is 117 Å². The highest BCUT2D eigenvalue weighted by atomic mass is 32.2. The zero-order chi connectivity index (χ0) is 44.2. The third-order valence-corrected chi connectivity index (χ3v) is 10.3. The van der Waals surface area contributed by atoms with Crippen molar-refractivity contribution in [2.24, 2.45) is 0 Å². The molecule has 0 saturated carbocycles. The summed E-state index contributed by atoms with van der Waals surface area (Å²) in [4.78, 5) is 39.3. The Kier molecular flexibility index (Phi) is 20.2. The van der Waals surface area contributed by atoms with Crippen molar-refractivity contribution in [3.63, 3.8) is 0 Å². The summed E-state index contributed by atoms with van der Waals surface area (Å²) >= 11 is 0. The summed E-state index contributed by atoms with van der Waals surface area (Å²) in [7, 11) is 0.160. The van der Waals surface area contributed by atoms with Gasteiger partial charge in [-0.15, -0.1) is 0 Å². The first-order valence-electron chi connectivity index (χ1n) is 20.2. The maximum Gasteiger partial charge on any atom is 0.345 e. The molecule has 1 heterocycles. The Morgan fingerprint density at radius 1 is 0.721 bits per heavy atom. The van der Waals surface area contributed by atoms with E-state index in [0.29, 0.717) is 89.4 Å². The molecular weight excluding hydrogens is 813 g/mol. The number of unbranched alkanes of at least 4 members (excludes halogenated alkanes) is 2. The van der Waals surface area contributed by atoms with Gasteiger partial charge in [0.1, 0.15) is 36.2 Å². The SMILES string of the molecule is COCCOCCOc1ccc2c(c1)c(C(=O)Oc1c(C)cc(C(=O)NCCCCCC(C)=O)cc1COC)c1cc(OCCOCCOC)ccc1[n+]2CCCS(=O)(=O)[O-]. The maximum atomic E-state index is 14.8. The van der Waals surface area contributed by atoms with E-state index in [1.54, 1.807) is 76.6 Å². The molecule has 0 fully saturated rings. The normalized spacial score (nSPS) is 11.6. The Hall–Kier alpha value is -4.75. The molecule has 0 bridgehead atoms. The van der Waals surface area contributed by atoms with Crippen LogP contribution in [0.4, 0.5) is 0 Å². The summed E-state index contributed by atoms with van der Waals surface area (Å²) in [5.41, 5.74) is 2.61. The van der Waals surface area contributed by atoms with Crippen LogP contribution in [0.1, 0.15) is 70.9 Å². The van der Waals surface area contributed by atoms with Gasteiger partial charge in [-0.2, -0.15) is 4.57 Å². The van der Waals surface area contributed by atoms with Crippen LogP contribution in [0.2, 0.25) is 0 Å². The van der Waals surface area contributed by atoms with E-state index < -0.39 is 21.8 Å². The molecule has 0 radical (unpaired) electrons. The van der Waals surface area contributed by atoms with E-state index in [4.69, 9.17) is 37.9 Å². The minimum atomic E-state index is -4.50. The van der Waals surface area contributed by atoms with Crippen molar-refractivity contribution in [2.45, 2.75) is 59.1 Å². The number of benzene rings is 3. The van der Waals surface area contributed by atoms with Crippen molar-refractivity contribution in [3.05, 3.63) is 70.8 Å². The number of methoxy groups -OCH3 is 3. The van der Waals surface area contributed by atoms with Crippen LogP contribution in [0.25, 0.3) is 21.8 Å². The summed E-state index contributed by atoms with van der Waals surface area (Å²) in [5.74, 6) is -0.406. The monoisotopic (exact) mass is 870 g/mol. The predicted molar refractivity (Wildman–Crippen MR) is 226 cm³/mol. The average Bonchev–Trinajstić information content (AvgIpc) is 3.21. The number of aryl methyl sites for hydroxylation is 2. The van der Waals surface area contributed by atoms with Gasteiger partial charge in [0, 0.05) is 69.7 Å². The highest BCUT2D eigenvalue weighted by Gasteiger charge is 2.28. The predicted octanol–water partition coefficient (Wildman–Crippen LogP) is 4.85. The Morgan fingerprint density at radius 3 is 1.85 bits per heavy atom. The van der Waals surface area contributed by atoms with Gasteiger partial charge in [-0.3, -0.25) is 4.79 Å². The number of nitrogens with one attached hydrogen (secondary N) is 1. The van der Waals surface area contributed by atoms with E-state index in [-0.39, 0.29) is 69.0 Å². The molecular formula is C44H58N2O14S. The summed E-state index contributed by atoms with van der Waals surface area (Å²) in [5, 5.41) is 3.77. The van der Waals surface area contributed by atoms with Crippen molar-refractivity contribution in [2.75, 3.05) is 86.5 Å². The number of fused-ring (bicyclic) bond motifs is 2. The first-order valence-corrected chi connectivity index (χ1v) is 21.8. The number of amides is 1. The molecule has 0 aliphatic rings. The van der Waals surface area contributed by atoms with Crippen LogP contribution in [0, 0.1) is 6.92 Å². The number of nitrogens with zero attached hydrogens (tertiary/aromatic N) is 1. The Labute approximate surface area is 357 Å². The molecule has 1 amide bonds. The second kappa shape index (κ2) is 25.2. The zero-order valence-electron chi connectivity index (χ0n) is 35.7. The van der Waals surface area contributed by atoms with Gasteiger partial charge in [-0.1, -0.05) is 6.42 Å². The molecule has 0 unspecified atom stereocenters. The molecule has 0 saturated heterocycles. The van der Waals surface area contributed by atoms with Crippen molar-refractivity contribution < 1.29 is 69.8 Å². The van der Waals surface area contributed by atoms with Gasteiger partial charge in [0.2, 0.25) is 11.0 Å². The highest BCUT2D eigenvalue weighted by molar-refractivity contribution is 7.85. The topological polar surface area (TPSA) is 198 Å². The zero-order valence-corrected chi connectivity index (χ0v) is 36.5. The molecule has 4 aromatic rings. The second-order valence-corrected chi connectivity index (χ2v) is 15.8. The minimum absolute atomic E-state index is 0.0119. The Morgan fingerprint density at radius 2 is 1.31 bits per heavy atom. The highest BCUT2D eigenvalue weighted by Crippen LogP contribution is 2.34. The second-order valence-electron chi connectivity index (χ2n) is 14.3. The molecule has 17 heteroatoms. The number of rotatable bonds is 29. The summed E-state index contributed by atoms with van der Waals surface area (Å²) in [6.45, 7) is 6.51. The third-order valence-electron chi connectivity index (χ3n) is 9.49. The van der Waals surface area contributed by atoms with Gasteiger partial charge < -0.3 is 52.6 Å². The van der Waals surface area contributed by atoms with E-state index in [9.17, 15) is 27.4 Å². The number of esters is 1. The molecule has 61 heavy (non-hydrogen) atoms. The quantitative estimate of drug-likeness (QED) is 0.0194. The molecule has 0 aliphatic heterocycles. The van der Waals surface area contributed by atoms with E-state index in [1.807, 2.05) is 4.57 Å². The standard InChI is InChI=1S/C44H58N2O14S/c1-31-26-33(43(48)45-15-8-6-7-10-32(2)47)27-34(30-55-5)42(31)60-44(49)41-37-28-35(58-23-21-56-19-17-53-3)11-13-39(37)46(16-9-25-61(50,51)52)40-14-12-36(29-38(40)41)59-24-22-57-20-18-54-4/h11-14,26-29H,6-10,15-25,30H2,1-5H3,(H-,45,48,50,51,52). The Bertz CT molecular complexity index is 2120. The first kappa shape index (κ1) is 48.9. The molecule has 1 N–H and O–H groups in total. The summed E-state index contributed by atoms with van der Waals surface area (Å²) in [6.07, 6.45) is 2.81. The summed E-state index contributed by atoms with van der Waals surface area (Å²) in [6, 6.07) is 13.7. The maximum absolute atomic E-state index is 14.8. The number of ether oxygens (including phenoxy) is 8. The van der Waals surface area contributed by atoms with Gasteiger partial charge >= 0.3 is 5.97 Å². The molecule has 0 spiro atoms. The van der Waals surface area contributed by atoms with Gasteiger partial charge in [-0.25, -0.2) is 13.2 Å². The molecule has 0 aliphatic carbocycles. The van der Waals surface area contributed by atoms with Gasteiger partial charge in [0.15, 0.2) is 6.54 Å². The number of ketones is 1. The summed E-state index contributed by atoms with van der Waals surface area (Å²) < 4.78 is 81.8. The van der Waals surface area contributed by atoms with Crippen molar-refractivity contribution in [3.8, 4) is 17.2 Å². The number of carbonyl (C=O) groups is 3. The van der Waals surface area contributed by atoms with E-state index in [2.05, 4.69) is 5.32 Å². The smallest absolute Gasteiger partial charge is 0.345 e. The van der Waals surface area contributed by atoms with E-state index in [1.165, 1.54) is 7.11 Å². The fraction of sp³-hybridized carbons (Fsp3) is 0.500. The lowest BCUT2D eigenvalue weighted by Crippen LogP contribution is -2.37. The number of hydrogen-bond acceptors (Lipinski definition) is 14. The van der Waals surface area contributed by atoms with E-state index in [0.717, 1.165) is 19.3 Å². The van der Waals surface area contributed by atoms with Gasteiger partial charge in [0.25, 0.3) is 5.91 Å². The third kappa shape index (κ3) is 15.6. The van der Waals surface area contributed by atoms with Crippen LogP contribution >= 0.6 is 0 Å². The van der Waals surface area contributed by atoms with Crippen molar-refractivity contribution in [1.29, 1.82) is 0 Å². The molecule has 4 rings (SSSR count). The number of aromatic nitrogens is 1. The molecule has 334 valence electrons. The fourth-order valence-electron chi connectivity index (χ4n) is 6.65. The van der Waals surface area contributed by atoms with Crippen LogP contribution < -0.4 is 24.1 Å². The fourth-order valence-corrected chi connectivity index (χ4v) is 7.13. The number of carbonyl (C=O) groups excluding carboxylic acids is 3. The largest absolute Gasteiger partial charge is 0.748 e. The lowest BCUT2D eigenvalue weighted by molar-refractivity contribution is -0.645.